The molecular formula is C18H19FN6O3. The first-order chi connectivity index (χ1) is 13.4. The van der Waals surface area contributed by atoms with Gasteiger partial charge in [-0.05, 0) is 50.1 Å². The Morgan fingerprint density at radius 2 is 1.86 bits per heavy atom. The molecule has 0 bridgehead atoms. The highest BCUT2D eigenvalue weighted by Crippen LogP contribution is 2.14. The van der Waals surface area contributed by atoms with Crippen molar-refractivity contribution >= 4 is 17.6 Å². The number of hydrazine groups is 1. The molecule has 2 aromatic heterocycles. The molecule has 0 atom stereocenters. The summed E-state index contributed by atoms with van der Waals surface area (Å²) in [6.07, 6.45) is 2.02. The van der Waals surface area contributed by atoms with Crippen LogP contribution in [0.5, 0.6) is 5.75 Å². The Kier molecular flexibility index (Phi) is 5.78. The molecular weight excluding hydrogens is 367 g/mol. The number of ether oxygens (including phenoxy) is 1. The molecule has 0 aliphatic carbocycles. The topological polar surface area (TPSA) is 111 Å². The maximum Gasteiger partial charge on any atom is 0.276 e. The lowest BCUT2D eigenvalue weighted by Gasteiger charge is -2.11. The number of aromatic nitrogens is 4. The van der Waals surface area contributed by atoms with Crippen molar-refractivity contribution in [2.24, 2.45) is 0 Å². The number of amides is 2. The maximum absolute atomic E-state index is 12.8. The molecule has 0 unspecified atom stereocenters. The van der Waals surface area contributed by atoms with Gasteiger partial charge >= 0.3 is 0 Å². The standard InChI is InChI=1S/C18H19FN6O3/c1-11-15(12(2)25-18(22-11)20-10-21-25)7-8-16(26)23-24-17(27)9-28-14-5-3-13(19)4-6-14/h3-6,10H,7-9H2,1-2H3,(H,23,26)(H,24,27). The number of carbonyl (C=O) groups is 2. The van der Waals surface area contributed by atoms with Gasteiger partial charge in [0.05, 0.1) is 0 Å². The molecule has 2 amide bonds. The Hall–Kier alpha value is -3.56. The molecule has 2 heterocycles. The number of nitrogens with zero attached hydrogens (tertiary/aromatic N) is 4. The normalized spacial score (nSPS) is 10.7. The molecule has 0 radical (unpaired) electrons. The fourth-order valence-electron chi connectivity index (χ4n) is 2.67. The average Bonchev–Trinajstić information content (AvgIpc) is 3.14. The van der Waals surface area contributed by atoms with Crippen LogP contribution in [0.2, 0.25) is 0 Å². The third kappa shape index (κ3) is 4.58. The third-order valence-corrected chi connectivity index (χ3v) is 4.12. The van der Waals surface area contributed by atoms with Crippen LogP contribution < -0.4 is 15.6 Å². The summed E-state index contributed by atoms with van der Waals surface area (Å²) in [6, 6.07) is 5.27. The lowest BCUT2D eigenvalue weighted by atomic mass is 10.1. The number of nitrogens with one attached hydrogen (secondary N) is 2. The van der Waals surface area contributed by atoms with Gasteiger partial charge in [-0.1, -0.05) is 0 Å². The number of hydrogen-bond acceptors (Lipinski definition) is 6. The van der Waals surface area contributed by atoms with Gasteiger partial charge in [0.25, 0.3) is 11.7 Å². The molecule has 28 heavy (non-hydrogen) atoms. The van der Waals surface area contributed by atoms with Crippen LogP contribution in [0.15, 0.2) is 30.6 Å². The minimum atomic E-state index is -0.532. The van der Waals surface area contributed by atoms with Crippen LogP contribution in [0.4, 0.5) is 4.39 Å². The number of benzene rings is 1. The minimum Gasteiger partial charge on any atom is -0.484 e. The largest absolute Gasteiger partial charge is 0.484 e. The summed E-state index contributed by atoms with van der Waals surface area (Å²) in [7, 11) is 0. The van der Waals surface area contributed by atoms with Crippen LogP contribution in [0, 0.1) is 19.7 Å². The van der Waals surface area contributed by atoms with E-state index in [0.29, 0.717) is 17.9 Å². The summed E-state index contributed by atoms with van der Waals surface area (Å²) in [5.74, 6) is -0.419. The van der Waals surface area contributed by atoms with Crippen LogP contribution in [-0.4, -0.2) is 38.0 Å². The number of carbonyl (C=O) groups excluding carboxylic acids is 2. The summed E-state index contributed by atoms with van der Waals surface area (Å²) < 4.78 is 19.6. The van der Waals surface area contributed by atoms with Crippen molar-refractivity contribution in [3.8, 4) is 5.75 Å². The van der Waals surface area contributed by atoms with Crippen molar-refractivity contribution in [2.45, 2.75) is 26.7 Å². The molecule has 1 aromatic carbocycles. The van der Waals surface area contributed by atoms with Crippen molar-refractivity contribution in [3.63, 3.8) is 0 Å². The Labute approximate surface area is 159 Å². The van der Waals surface area contributed by atoms with Crippen LogP contribution >= 0.6 is 0 Å². The third-order valence-electron chi connectivity index (χ3n) is 4.12. The van der Waals surface area contributed by atoms with Crippen molar-refractivity contribution in [1.82, 2.24) is 30.4 Å². The molecule has 3 rings (SSSR count). The van der Waals surface area contributed by atoms with E-state index in [1.165, 1.54) is 30.6 Å². The summed E-state index contributed by atoms with van der Waals surface area (Å²) in [6.45, 7) is 3.43. The summed E-state index contributed by atoms with van der Waals surface area (Å²) in [5, 5.41) is 4.11. The molecule has 0 aliphatic heterocycles. The zero-order valence-electron chi connectivity index (χ0n) is 15.4. The molecule has 0 saturated heterocycles. The van der Waals surface area contributed by atoms with E-state index in [2.05, 4.69) is 25.9 Å². The van der Waals surface area contributed by atoms with Crippen LogP contribution in [0.1, 0.15) is 23.4 Å². The second-order valence-corrected chi connectivity index (χ2v) is 6.07. The molecule has 2 N–H and O–H groups in total. The van der Waals surface area contributed by atoms with Crippen molar-refractivity contribution in [3.05, 3.63) is 53.4 Å². The highest BCUT2D eigenvalue weighted by atomic mass is 19.1. The molecule has 0 fully saturated rings. The van der Waals surface area contributed by atoms with Gasteiger partial charge in [-0.15, -0.1) is 0 Å². The number of fused-ring (bicyclic) bond motifs is 1. The van der Waals surface area contributed by atoms with Crippen molar-refractivity contribution in [1.29, 1.82) is 0 Å². The van der Waals surface area contributed by atoms with Gasteiger partial charge in [-0.2, -0.15) is 10.1 Å². The van der Waals surface area contributed by atoms with Crippen LogP contribution in [-0.2, 0) is 16.0 Å². The van der Waals surface area contributed by atoms with E-state index in [0.717, 1.165) is 17.0 Å². The van der Waals surface area contributed by atoms with E-state index < -0.39 is 11.7 Å². The Bertz CT molecular complexity index is 1000. The molecule has 0 saturated carbocycles. The van der Waals surface area contributed by atoms with Crippen molar-refractivity contribution in [2.75, 3.05) is 6.61 Å². The second-order valence-electron chi connectivity index (χ2n) is 6.07. The number of rotatable bonds is 6. The highest BCUT2D eigenvalue weighted by molar-refractivity contribution is 5.82. The fourth-order valence-corrected chi connectivity index (χ4v) is 2.67. The Morgan fingerprint density at radius 3 is 2.61 bits per heavy atom. The van der Waals surface area contributed by atoms with Gasteiger partial charge in [0.15, 0.2) is 6.61 Å². The molecule has 3 aromatic rings. The zero-order chi connectivity index (χ0) is 20.1. The first-order valence-corrected chi connectivity index (χ1v) is 8.56. The van der Waals surface area contributed by atoms with Crippen LogP contribution in [0.3, 0.4) is 0 Å². The predicted molar refractivity (Wildman–Crippen MR) is 96.8 cm³/mol. The Morgan fingerprint density at radius 1 is 1.14 bits per heavy atom. The predicted octanol–water partition coefficient (Wildman–Crippen LogP) is 1.04. The molecule has 10 heteroatoms. The molecule has 0 aliphatic rings. The second kappa shape index (κ2) is 8.42. The lowest BCUT2D eigenvalue weighted by Crippen LogP contribution is -2.43. The first-order valence-electron chi connectivity index (χ1n) is 8.56. The van der Waals surface area contributed by atoms with E-state index in [4.69, 9.17) is 4.74 Å². The van der Waals surface area contributed by atoms with Gasteiger partial charge in [0.1, 0.15) is 17.9 Å². The monoisotopic (exact) mass is 386 g/mol. The van der Waals surface area contributed by atoms with Gasteiger partial charge in [-0.25, -0.2) is 13.9 Å². The van der Waals surface area contributed by atoms with Gasteiger partial charge < -0.3 is 4.74 Å². The average molecular weight is 386 g/mol. The van der Waals surface area contributed by atoms with Gasteiger partial charge in [0, 0.05) is 17.8 Å². The van der Waals surface area contributed by atoms with E-state index in [9.17, 15) is 14.0 Å². The van der Waals surface area contributed by atoms with Gasteiger partial charge in [0.2, 0.25) is 5.91 Å². The summed E-state index contributed by atoms with van der Waals surface area (Å²) in [4.78, 5) is 32.1. The van der Waals surface area contributed by atoms with E-state index in [1.54, 1.807) is 4.52 Å². The fraction of sp³-hybridized carbons (Fsp3) is 0.278. The van der Waals surface area contributed by atoms with Crippen LogP contribution in [0.25, 0.3) is 5.78 Å². The van der Waals surface area contributed by atoms with E-state index in [-0.39, 0.29) is 18.9 Å². The molecule has 0 spiro atoms. The van der Waals surface area contributed by atoms with Gasteiger partial charge in [-0.3, -0.25) is 20.4 Å². The SMILES string of the molecule is Cc1nc2ncnn2c(C)c1CCC(=O)NNC(=O)COc1ccc(F)cc1. The lowest BCUT2D eigenvalue weighted by molar-refractivity contribution is -0.130. The first kappa shape index (κ1) is 19.2. The van der Waals surface area contributed by atoms with E-state index in [1.807, 2.05) is 13.8 Å². The Balaban J connectivity index is 1.45. The maximum atomic E-state index is 12.8. The number of aryl methyl sites for hydroxylation is 2. The smallest absolute Gasteiger partial charge is 0.276 e. The number of halogens is 1. The molecule has 146 valence electrons. The molecule has 9 nitrogen and oxygen atoms in total. The van der Waals surface area contributed by atoms with Crippen molar-refractivity contribution < 1.29 is 18.7 Å². The zero-order valence-corrected chi connectivity index (χ0v) is 15.4. The number of hydrogen-bond donors (Lipinski definition) is 2. The highest BCUT2D eigenvalue weighted by Gasteiger charge is 2.13. The summed E-state index contributed by atoms with van der Waals surface area (Å²) >= 11 is 0. The van der Waals surface area contributed by atoms with E-state index >= 15 is 0 Å². The summed E-state index contributed by atoms with van der Waals surface area (Å²) in [5.41, 5.74) is 7.16. The minimum absolute atomic E-state index is 0.155. The quantitative estimate of drug-likeness (QED) is 0.613.